The summed E-state index contributed by atoms with van der Waals surface area (Å²) >= 11 is -2.69. The molecule has 0 N–H and O–H groups in total. The molecule has 0 aliphatic heterocycles. The molecule has 0 bridgehead atoms. The Morgan fingerprint density at radius 3 is 2.17 bits per heavy atom. The molecule has 0 aliphatic rings. The van der Waals surface area contributed by atoms with Crippen molar-refractivity contribution in [3.63, 3.8) is 0 Å². The van der Waals surface area contributed by atoms with E-state index in [0.717, 1.165) is 12.1 Å². The Kier molecular flexibility index (Phi) is 5.45. The minimum Gasteiger partial charge on any atom is -0.772 e. The third-order valence-corrected chi connectivity index (χ3v) is 3.59. The molecule has 0 aromatic heterocycles. The zero-order chi connectivity index (χ0) is 18.0. The quantitative estimate of drug-likeness (QED) is 0.349. The second-order valence-electron chi connectivity index (χ2n) is 4.60. The first-order chi connectivity index (χ1) is 11.2. The van der Waals surface area contributed by atoms with Crippen LogP contribution in [0.25, 0.3) is 11.7 Å². The zero-order valence-corrected chi connectivity index (χ0v) is 12.4. The van der Waals surface area contributed by atoms with Gasteiger partial charge in [0.05, 0.1) is 5.56 Å². The largest absolute Gasteiger partial charge is 0.772 e. The summed E-state index contributed by atoms with van der Waals surface area (Å²) in [7, 11) is 0. The van der Waals surface area contributed by atoms with Gasteiger partial charge in [-0.1, -0.05) is 17.1 Å². The number of hydrogen-bond donors (Lipinski definition) is 0. The first-order valence-electron chi connectivity index (χ1n) is 6.26. The maximum absolute atomic E-state index is 14.3. The van der Waals surface area contributed by atoms with Crippen molar-refractivity contribution in [3.8, 4) is 0 Å². The molecule has 2 nitrogen and oxygen atoms in total. The Labute approximate surface area is 134 Å². The normalized spacial score (nSPS) is 13.6. The monoisotopic (exact) mass is 365 g/mol. The van der Waals surface area contributed by atoms with Crippen LogP contribution >= 0.6 is 0 Å². The average Bonchev–Trinajstić information content (AvgIpc) is 2.53. The van der Waals surface area contributed by atoms with Gasteiger partial charge < -0.3 is 4.55 Å². The summed E-state index contributed by atoms with van der Waals surface area (Å²) in [5.41, 5.74) is -2.29. The summed E-state index contributed by atoms with van der Waals surface area (Å²) in [6.07, 6.45) is 0. The summed E-state index contributed by atoms with van der Waals surface area (Å²) in [4.78, 5) is 0. The van der Waals surface area contributed by atoms with Crippen molar-refractivity contribution in [2.75, 3.05) is 0 Å². The zero-order valence-electron chi connectivity index (χ0n) is 11.6. The Morgan fingerprint density at radius 2 is 1.54 bits per heavy atom. The molecule has 0 radical (unpaired) electrons. The van der Waals surface area contributed by atoms with Crippen molar-refractivity contribution < 1.29 is 35.1 Å². The molecule has 128 valence electrons. The lowest BCUT2D eigenvalue weighted by Gasteiger charge is -2.11. The maximum atomic E-state index is 14.3. The Hall–Kier alpha value is -2.13. The third kappa shape index (κ3) is 3.68. The topological polar surface area (TPSA) is 40.1 Å². The molecule has 2 rings (SSSR count). The van der Waals surface area contributed by atoms with Crippen LogP contribution in [0.2, 0.25) is 0 Å². The van der Waals surface area contributed by atoms with Gasteiger partial charge in [-0.25, -0.2) is 26.3 Å². The minimum absolute atomic E-state index is 0.291. The van der Waals surface area contributed by atoms with E-state index in [1.807, 2.05) is 0 Å². The van der Waals surface area contributed by atoms with Crippen LogP contribution in [0.4, 0.5) is 26.3 Å². The highest BCUT2D eigenvalue weighted by Crippen LogP contribution is 2.33. The van der Waals surface area contributed by atoms with Crippen LogP contribution in [-0.4, -0.2) is 8.76 Å². The number of hydrogen-bond acceptors (Lipinski definition) is 2. The molecule has 0 heterocycles. The van der Waals surface area contributed by atoms with Gasteiger partial charge in [0.25, 0.3) is 0 Å². The van der Waals surface area contributed by atoms with Crippen LogP contribution in [0.5, 0.6) is 0 Å². The number of rotatable bonds is 4. The van der Waals surface area contributed by atoms with Crippen LogP contribution < -0.4 is 0 Å². The van der Waals surface area contributed by atoms with Gasteiger partial charge in [0.2, 0.25) is 0 Å². The first kappa shape index (κ1) is 18.2. The molecule has 9 heteroatoms. The molecule has 0 spiro atoms. The molecule has 24 heavy (non-hydrogen) atoms. The van der Waals surface area contributed by atoms with Gasteiger partial charge in [-0.05, 0) is 29.8 Å². The van der Waals surface area contributed by atoms with E-state index >= 15 is 0 Å². The van der Waals surface area contributed by atoms with E-state index < -0.39 is 62.9 Å². The first-order valence-corrected chi connectivity index (χ1v) is 7.50. The van der Waals surface area contributed by atoms with Gasteiger partial charge in [0.1, 0.15) is 5.82 Å². The SMILES string of the molecule is O=S([O-])Cc1ccc(F)cc1C(F)=C(F)c1ccc(F)c(F)c1F. The molecule has 1 unspecified atom stereocenters. The second-order valence-corrected chi connectivity index (χ2v) is 5.50. The third-order valence-electron chi connectivity index (χ3n) is 3.05. The van der Waals surface area contributed by atoms with E-state index in [1.54, 1.807) is 0 Å². The smallest absolute Gasteiger partial charge is 0.195 e. The molecular formula is C15H7F6O2S-. The molecule has 0 aliphatic carbocycles. The van der Waals surface area contributed by atoms with E-state index in [4.69, 9.17) is 0 Å². The average molecular weight is 365 g/mol. The van der Waals surface area contributed by atoms with E-state index in [9.17, 15) is 35.1 Å². The van der Waals surface area contributed by atoms with Gasteiger partial charge in [-0.15, -0.1) is 0 Å². The lowest BCUT2D eigenvalue weighted by Crippen LogP contribution is -2.00. The highest BCUT2D eigenvalue weighted by atomic mass is 32.2. The van der Waals surface area contributed by atoms with Gasteiger partial charge >= 0.3 is 0 Å². The molecule has 0 saturated carbocycles. The Bertz CT molecular complexity index is 850. The summed E-state index contributed by atoms with van der Waals surface area (Å²) < 4.78 is 103. The minimum atomic E-state index is -2.69. The van der Waals surface area contributed by atoms with Crippen molar-refractivity contribution >= 4 is 22.7 Å². The summed E-state index contributed by atoms with van der Waals surface area (Å²) in [6.45, 7) is 0. The maximum Gasteiger partial charge on any atom is 0.195 e. The lowest BCUT2D eigenvalue weighted by molar-refractivity contribution is 0.444. The Balaban J connectivity index is 2.63. The van der Waals surface area contributed by atoms with Crippen molar-refractivity contribution in [1.29, 1.82) is 0 Å². The predicted octanol–water partition coefficient (Wildman–Crippen LogP) is 4.39. The van der Waals surface area contributed by atoms with Crippen LogP contribution in [0.3, 0.4) is 0 Å². The van der Waals surface area contributed by atoms with E-state index in [0.29, 0.717) is 18.2 Å². The van der Waals surface area contributed by atoms with Crippen molar-refractivity contribution in [3.05, 3.63) is 70.3 Å². The molecule has 2 aromatic carbocycles. The Morgan fingerprint density at radius 1 is 0.917 bits per heavy atom. The number of halogens is 6. The molecule has 0 saturated heterocycles. The van der Waals surface area contributed by atoms with Gasteiger partial charge in [-0.2, -0.15) is 0 Å². The van der Waals surface area contributed by atoms with Crippen LogP contribution in [0, 0.1) is 23.3 Å². The standard InChI is InChI=1S/C15H8F6O2S/c16-8-2-1-7(6-24(22)23)10(5-8)14(20)12(18)9-3-4-11(17)15(21)13(9)19/h1-5H,6H2,(H,22,23)/p-1. The van der Waals surface area contributed by atoms with E-state index in [1.165, 1.54) is 0 Å². The van der Waals surface area contributed by atoms with Crippen molar-refractivity contribution in [1.82, 2.24) is 0 Å². The van der Waals surface area contributed by atoms with Gasteiger partial charge in [0, 0.05) is 11.3 Å². The lowest BCUT2D eigenvalue weighted by atomic mass is 10.0. The van der Waals surface area contributed by atoms with E-state index in [2.05, 4.69) is 0 Å². The highest BCUT2D eigenvalue weighted by Gasteiger charge is 2.22. The summed E-state index contributed by atoms with van der Waals surface area (Å²) in [6, 6.07) is 3.10. The fraction of sp³-hybridized carbons (Fsp3) is 0.0667. The highest BCUT2D eigenvalue weighted by molar-refractivity contribution is 7.78. The molecule has 0 amide bonds. The molecular weight excluding hydrogens is 358 g/mol. The molecule has 0 fully saturated rings. The van der Waals surface area contributed by atoms with Crippen molar-refractivity contribution in [2.45, 2.75) is 5.75 Å². The van der Waals surface area contributed by atoms with Crippen LogP contribution in [-0.2, 0) is 16.8 Å². The number of benzene rings is 2. The van der Waals surface area contributed by atoms with Gasteiger partial charge in [0.15, 0.2) is 29.1 Å². The predicted molar refractivity (Wildman–Crippen MR) is 74.4 cm³/mol. The fourth-order valence-corrected chi connectivity index (χ4v) is 2.44. The summed E-state index contributed by atoms with van der Waals surface area (Å²) in [5.74, 6) is -11.0. The molecule has 1 atom stereocenters. The second kappa shape index (κ2) is 7.18. The fourth-order valence-electron chi connectivity index (χ4n) is 1.94. The molecule has 2 aromatic rings. The van der Waals surface area contributed by atoms with Crippen LogP contribution in [0.15, 0.2) is 30.3 Å². The van der Waals surface area contributed by atoms with E-state index in [-0.39, 0.29) is 5.56 Å². The van der Waals surface area contributed by atoms with Crippen LogP contribution in [0.1, 0.15) is 16.7 Å². The van der Waals surface area contributed by atoms with Gasteiger partial charge in [-0.3, -0.25) is 4.21 Å². The summed E-state index contributed by atoms with van der Waals surface area (Å²) in [5, 5.41) is 0. The van der Waals surface area contributed by atoms with Crippen molar-refractivity contribution in [2.24, 2.45) is 0 Å².